The third kappa shape index (κ3) is 11.3. The summed E-state index contributed by atoms with van der Waals surface area (Å²) in [6, 6.07) is 16.7. The summed E-state index contributed by atoms with van der Waals surface area (Å²) in [5.41, 5.74) is 10.5. The van der Waals surface area contributed by atoms with E-state index in [0.717, 1.165) is 37.9 Å². The number of aryl methyl sites for hydroxylation is 1. The molecule has 0 saturated heterocycles. The summed E-state index contributed by atoms with van der Waals surface area (Å²) in [5.74, 6) is 0.322. The second-order valence-electron chi connectivity index (χ2n) is 10.3. The Bertz CT molecular complexity index is 1320. The lowest BCUT2D eigenvalue weighted by atomic mass is 9.76. The second kappa shape index (κ2) is 18.6. The van der Waals surface area contributed by atoms with Crippen molar-refractivity contribution in [1.82, 2.24) is 15.0 Å². The molecule has 1 aromatic heterocycles. The number of fused-ring (bicyclic) bond motifs is 1. The number of benzene rings is 2. The highest BCUT2D eigenvalue weighted by molar-refractivity contribution is 7.88. The van der Waals surface area contributed by atoms with Crippen molar-refractivity contribution in [2.24, 2.45) is 5.73 Å². The first-order valence-corrected chi connectivity index (χ1v) is 15.3. The predicted molar refractivity (Wildman–Crippen MR) is 174 cm³/mol. The van der Waals surface area contributed by atoms with Gasteiger partial charge in [-0.15, -0.1) is 37.2 Å². The molecule has 0 bridgehead atoms. The first-order valence-electron chi connectivity index (χ1n) is 13.6. The van der Waals surface area contributed by atoms with Crippen LogP contribution in [0.1, 0.15) is 53.9 Å². The lowest BCUT2D eigenvalue weighted by Gasteiger charge is -2.35. The Labute approximate surface area is 267 Å². The number of nitrogens with two attached hydrogens (primary N) is 1. The van der Waals surface area contributed by atoms with Crippen LogP contribution in [0.4, 0.5) is 4.39 Å². The highest BCUT2D eigenvalue weighted by Gasteiger charge is 2.30. The monoisotopic (exact) mass is 662 g/mol. The normalized spacial score (nSPS) is 16.6. The van der Waals surface area contributed by atoms with Gasteiger partial charge in [0.2, 0.25) is 10.0 Å². The van der Waals surface area contributed by atoms with E-state index in [1.807, 2.05) is 18.3 Å². The zero-order valence-corrected chi connectivity index (χ0v) is 27.0. The Morgan fingerprint density at radius 3 is 2.60 bits per heavy atom. The highest BCUT2D eigenvalue weighted by atomic mass is 35.5. The van der Waals surface area contributed by atoms with E-state index in [-0.39, 0.29) is 54.6 Å². The number of unbranched alkanes of at least 4 members (excludes halogenated alkanes) is 1. The van der Waals surface area contributed by atoms with Crippen LogP contribution in [-0.4, -0.2) is 45.7 Å². The number of methoxy groups -OCH3 is 1. The smallest absolute Gasteiger partial charge is 0.215 e. The number of rotatable bonds is 14. The predicted octanol–water partition coefficient (Wildman–Crippen LogP) is 5.34. The number of pyridine rings is 1. The van der Waals surface area contributed by atoms with Crippen LogP contribution in [0.25, 0.3) is 0 Å². The van der Waals surface area contributed by atoms with Crippen molar-refractivity contribution >= 4 is 47.2 Å². The van der Waals surface area contributed by atoms with Crippen LogP contribution < -0.4 is 20.5 Å². The molecular weight excluding hydrogens is 622 g/mol. The maximum atomic E-state index is 13.8. The molecule has 12 heteroatoms. The maximum Gasteiger partial charge on any atom is 0.215 e. The third-order valence-corrected chi connectivity index (χ3v) is 8.74. The number of ether oxygens (including phenoxy) is 1. The van der Waals surface area contributed by atoms with Gasteiger partial charge in [0.1, 0.15) is 11.6 Å². The first kappa shape index (κ1) is 38.0. The van der Waals surface area contributed by atoms with E-state index >= 15 is 0 Å². The van der Waals surface area contributed by atoms with Gasteiger partial charge >= 0.3 is 0 Å². The fourth-order valence-electron chi connectivity index (χ4n) is 5.32. The van der Waals surface area contributed by atoms with E-state index in [2.05, 4.69) is 33.2 Å². The summed E-state index contributed by atoms with van der Waals surface area (Å²) >= 11 is 0. The van der Waals surface area contributed by atoms with Gasteiger partial charge in [-0.25, -0.2) is 17.5 Å². The van der Waals surface area contributed by atoms with Gasteiger partial charge in [0.05, 0.1) is 12.9 Å². The van der Waals surface area contributed by atoms with Crippen LogP contribution in [0.15, 0.2) is 67.0 Å². The number of hydrogen-bond acceptors (Lipinski definition) is 6. The fraction of sp³-hybridized carbons (Fsp3) is 0.433. The van der Waals surface area contributed by atoms with Crippen LogP contribution in [0.3, 0.4) is 0 Å². The van der Waals surface area contributed by atoms with Crippen molar-refractivity contribution in [2.75, 3.05) is 20.2 Å². The summed E-state index contributed by atoms with van der Waals surface area (Å²) < 4.78 is 46.4. The van der Waals surface area contributed by atoms with Gasteiger partial charge in [-0.3, -0.25) is 4.98 Å². The Morgan fingerprint density at radius 1 is 1.10 bits per heavy atom. The molecule has 2 aromatic carbocycles. The minimum absolute atomic E-state index is 0. The summed E-state index contributed by atoms with van der Waals surface area (Å²) in [5, 5.41) is 3.74. The number of sulfonamides is 1. The van der Waals surface area contributed by atoms with Crippen LogP contribution in [0.2, 0.25) is 0 Å². The highest BCUT2D eigenvalue weighted by Crippen LogP contribution is 2.36. The molecule has 0 aliphatic heterocycles. The van der Waals surface area contributed by atoms with Crippen molar-refractivity contribution in [2.45, 2.75) is 62.3 Å². The molecule has 4 N–H and O–H groups in total. The Hall–Kier alpha value is -1.98. The average molecular weight is 664 g/mol. The molecule has 7 nitrogen and oxygen atoms in total. The maximum absolute atomic E-state index is 13.8. The summed E-state index contributed by atoms with van der Waals surface area (Å²) in [4.78, 5) is 4.30. The van der Waals surface area contributed by atoms with E-state index < -0.39 is 15.8 Å². The second-order valence-corrected chi connectivity index (χ2v) is 12.1. The molecule has 3 atom stereocenters. The molecular formula is C30H42Cl3FN4O3S. The number of nitrogens with zero attached hydrogens (tertiary/aromatic N) is 1. The van der Waals surface area contributed by atoms with Gasteiger partial charge in [0, 0.05) is 49.0 Å². The van der Waals surface area contributed by atoms with Crippen molar-refractivity contribution in [3.05, 3.63) is 95.1 Å². The van der Waals surface area contributed by atoms with Crippen molar-refractivity contribution < 1.29 is 17.5 Å². The molecule has 1 aliphatic rings. The van der Waals surface area contributed by atoms with E-state index in [9.17, 15) is 12.8 Å². The lowest BCUT2D eigenvalue weighted by molar-refractivity contribution is 0.365. The van der Waals surface area contributed by atoms with Crippen molar-refractivity contribution in [3.63, 3.8) is 0 Å². The molecule has 1 aliphatic carbocycles. The van der Waals surface area contributed by atoms with E-state index in [4.69, 9.17) is 10.5 Å². The molecule has 0 spiro atoms. The quantitative estimate of drug-likeness (QED) is 0.201. The molecule has 0 saturated carbocycles. The molecule has 4 rings (SSSR count). The van der Waals surface area contributed by atoms with Gasteiger partial charge in [-0.05, 0) is 73.1 Å². The summed E-state index contributed by atoms with van der Waals surface area (Å²) in [6.45, 7) is 1.01. The third-order valence-electron chi connectivity index (χ3n) is 7.41. The minimum atomic E-state index is -3.59. The lowest BCUT2D eigenvalue weighted by Crippen LogP contribution is -2.44. The van der Waals surface area contributed by atoms with Gasteiger partial charge in [0.15, 0.2) is 0 Å². The molecule has 3 aromatic rings. The largest absolute Gasteiger partial charge is 0.497 e. The Morgan fingerprint density at radius 2 is 1.88 bits per heavy atom. The van der Waals surface area contributed by atoms with Crippen molar-refractivity contribution in [1.29, 1.82) is 0 Å². The molecule has 0 amide bonds. The molecule has 234 valence electrons. The minimum Gasteiger partial charge on any atom is -0.497 e. The molecule has 0 fully saturated rings. The molecule has 1 unspecified atom stereocenters. The number of halogens is 4. The fourth-order valence-corrected chi connectivity index (χ4v) is 6.52. The van der Waals surface area contributed by atoms with Gasteiger partial charge in [-0.2, -0.15) is 0 Å². The zero-order valence-electron chi connectivity index (χ0n) is 23.7. The number of nitrogens with one attached hydrogen (secondary N) is 2. The van der Waals surface area contributed by atoms with Crippen LogP contribution in [-0.2, 0) is 28.6 Å². The van der Waals surface area contributed by atoms with E-state index in [0.29, 0.717) is 31.5 Å². The zero-order chi connectivity index (χ0) is 27.7. The summed E-state index contributed by atoms with van der Waals surface area (Å²) in [6.07, 6.45) is 8.89. The van der Waals surface area contributed by atoms with Crippen molar-refractivity contribution in [3.8, 4) is 5.75 Å². The average Bonchev–Trinajstić information content (AvgIpc) is 2.93. The van der Waals surface area contributed by atoms with E-state index in [1.54, 1.807) is 25.4 Å². The Balaban J connectivity index is 0.00000294. The van der Waals surface area contributed by atoms with Crippen LogP contribution in [0.5, 0.6) is 5.75 Å². The topological polar surface area (TPSA) is 106 Å². The number of aromatic nitrogens is 1. The molecule has 42 heavy (non-hydrogen) atoms. The number of hydrogen-bond donors (Lipinski definition) is 3. The Kier molecular flexibility index (Phi) is 16.9. The van der Waals surface area contributed by atoms with Gasteiger partial charge in [-0.1, -0.05) is 36.8 Å². The molecule has 0 radical (unpaired) electrons. The van der Waals surface area contributed by atoms with Crippen LogP contribution >= 0.6 is 37.2 Å². The summed E-state index contributed by atoms with van der Waals surface area (Å²) in [7, 11) is -1.89. The van der Waals surface area contributed by atoms with E-state index in [1.165, 1.54) is 28.8 Å². The SMILES string of the molecule is COc1ccc2c(c1)CC[C@H](NCC(N)CCCCNS(=O)(=O)Cc1ccccc1F)[C@@H]2Cc1cccnc1.Cl.Cl.Cl. The van der Waals surface area contributed by atoms with Crippen LogP contribution in [0, 0.1) is 5.82 Å². The standard InChI is InChI=1S/C30H39FN4O3S.3ClH/c1-38-26-12-13-27-23(18-26)11-14-30(28(27)17-22-7-6-15-33-19-22)34-20-25(32)9-4-5-16-35-39(36,37)21-24-8-2-3-10-29(24)31;;;/h2-3,6-8,10,12-13,15,18-19,25,28,30,34-35H,4-5,9,11,14,16-17,20-21,32H2,1H3;3*1H/t25?,28-,30+;;;/m1.../s1. The van der Waals surface area contributed by atoms with Gasteiger partial charge < -0.3 is 15.8 Å². The molecule has 1 heterocycles. The van der Waals surface area contributed by atoms with Gasteiger partial charge in [0.25, 0.3) is 0 Å². The first-order chi connectivity index (χ1) is 18.8.